The molecule has 0 aliphatic heterocycles. The predicted octanol–water partition coefficient (Wildman–Crippen LogP) is 1.81. The molecule has 0 radical (unpaired) electrons. The Morgan fingerprint density at radius 2 is 1.93 bits per heavy atom. The number of halogens is 1. The average Bonchev–Trinajstić information content (AvgIpc) is 2.48. The van der Waals surface area contributed by atoms with Gasteiger partial charge in [0.15, 0.2) is 5.82 Å². The molecule has 1 heterocycles. The van der Waals surface area contributed by atoms with E-state index in [4.69, 9.17) is 22.4 Å². The van der Waals surface area contributed by atoms with E-state index in [1.54, 1.807) is 35.1 Å². The Hall–Kier alpha value is -1.68. The zero-order chi connectivity index (χ0) is 10.1. The molecule has 2 aromatic rings. The summed E-state index contributed by atoms with van der Waals surface area (Å²) >= 11 is 5.75. The van der Waals surface area contributed by atoms with Gasteiger partial charge in [0.1, 0.15) is 10.8 Å². The number of nitrogens with two attached hydrogens (primary N) is 1. The third-order valence-electron chi connectivity index (χ3n) is 1.81. The van der Waals surface area contributed by atoms with Crippen LogP contribution in [0.4, 0.5) is 5.82 Å². The molecule has 0 atom stereocenters. The minimum absolute atomic E-state index is 0.208. The van der Waals surface area contributed by atoms with Crippen LogP contribution >= 0.6 is 11.6 Å². The van der Waals surface area contributed by atoms with E-state index in [1.165, 1.54) is 0 Å². The number of nitrogen functional groups attached to an aromatic ring is 1. The third kappa shape index (κ3) is 1.52. The summed E-state index contributed by atoms with van der Waals surface area (Å²) < 4.78 is 1.55. The van der Waals surface area contributed by atoms with Crippen molar-refractivity contribution in [3.8, 4) is 11.4 Å². The maximum atomic E-state index is 9.08. The topological polar surface area (TPSA) is 64.1 Å². The number of aromatic nitrogens is 2. The fraction of sp³-hybridized carbons (Fsp3) is 0. The Bertz CT molecular complexity index is 430. The molecule has 0 unspecified atom stereocenters. The lowest BCUT2D eigenvalue weighted by Gasteiger charge is -1.99. The van der Waals surface area contributed by atoms with Crippen molar-refractivity contribution in [3.63, 3.8) is 0 Å². The highest BCUT2D eigenvalue weighted by atomic mass is 35.5. The van der Waals surface area contributed by atoms with Crippen LogP contribution in [0.15, 0.2) is 30.5 Å². The largest absolute Gasteiger partial charge is 0.508 e. The number of phenolic OH excluding ortho intramolecular Hbond substituents is 1. The molecule has 0 saturated carbocycles. The Kier molecular flexibility index (Phi) is 2.05. The highest BCUT2D eigenvalue weighted by molar-refractivity contribution is 6.32. The van der Waals surface area contributed by atoms with Crippen molar-refractivity contribution in [2.45, 2.75) is 0 Å². The van der Waals surface area contributed by atoms with Gasteiger partial charge in [-0.15, -0.1) is 5.10 Å². The van der Waals surface area contributed by atoms with Gasteiger partial charge in [-0.2, -0.15) is 0 Å². The molecule has 1 aromatic heterocycles. The van der Waals surface area contributed by atoms with E-state index in [1.807, 2.05) is 0 Å². The molecule has 0 aliphatic carbocycles. The van der Waals surface area contributed by atoms with Crippen LogP contribution in [0.1, 0.15) is 0 Å². The molecule has 5 heteroatoms. The van der Waals surface area contributed by atoms with Crippen molar-refractivity contribution in [3.05, 3.63) is 35.5 Å². The Balaban J connectivity index is 2.44. The monoisotopic (exact) mass is 209 g/mol. The van der Waals surface area contributed by atoms with Crippen molar-refractivity contribution in [1.82, 2.24) is 9.78 Å². The van der Waals surface area contributed by atoms with Gasteiger partial charge in [-0.1, -0.05) is 11.6 Å². The summed E-state index contributed by atoms with van der Waals surface area (Å²) in [6.45, 7) is 0. The zero-order valence-corrected chi connectivity index (χ0v) is 7.94. The SMILES string of the molecule is Nc1nn(-c2ccc(O)cc2)cc1Cl. The van der Waals surface area contributed by atoms with Gasteiger partial charge in [0.25, 0.3) is 0 Å². The zero-order valence-electron chi connectivity index (χ0n) is 7.18. The molecular formula is C9H8ClN3O. The van der Waals surface area contributed by atoms with E-state index in [0.29, 0.717) is 10.8 Å². The molecular weight excluding hydrogens is 202 g/mol. The van der Waals surface area contributed by atoms with Gasteiger partial charge in [0.2, 0.25) is 0 Å². The molecule has 0 spiro atoms. The van der Waals surface area contributed by atoms with Gasteiger partial charge < -0.3 is 10.8 Å². The van der Waals surface area contributed by atoms with E-state index >= 15 is 0 Å². The first kappa shape index (κ1) is 8.90. The maximum Gasteiger partial charge on any atom is 0.164 e. The van der Waals surface area contributed by atoms with Gasteiger partial charge >= 0.3 is 0 Å². The number of nitrogens with zero attached hydrogens (tertiary/aromatic N) is 2. The average molecular weight is 210 g/mol. The molecule has 0 amide bonds. The number of rotatable bonds is 1. The highest BCUT2D eigenvalue weighted by Crippen LogP contribution is 2.19. The molecule has 0 fully saturated rings. The van der Waals surface area contributed by atoms with Crippen molar-refractivity contribution in [1.29, 1.82) is 0 Å². The first-order valence-electron chi connectivity index (χ1n) is 3.97. The third-order valence-corrected chi connectivity index (χ3v) is 2.10. The number of hydrogen-bond donors (Lipinski definition) is 2. The summed E-state index contributed by atoms with van der Waals surface area (Å²) in [5.74, 6) is 0.500. The van der Waals surface area contributed by atoms with Crippen molar-refractivity contribution in [2.75, 3.05) is 5.73 Å². The van der Waals surface area contributed by atoms with Gasteiger partial charge in [0, 0.05) is 0 Å². The summed E-state index contributed by atoms with van der Waals surface area (Å²) in [6, 6.07) is 6.58. The lowest BCUT2D eigenvalue weighted by molar-refractivity contribution is 0.475. The fourth-order valence-corrected chi connectivity index (χ4v) is 1.23. The highest BCUT2D eigenvalue weighted by Gasteiger charge is 2.03. The Labute approximate surface area is 85.5 Å². The first-order valence-corrected chi connectivity index (χ1v) is 4.34. The summed E-state index contributed by atoms with van der Waals surface area (Å²) in [4.78, 5) is 0. The number of aromatic hydroxyl groups is 1. The van der Waals surface area contributed by atoms with Crippen LogP contribution in [-0.4, -0.2) is 14.9 Å². The lowest BCUT2D eigenvalue weighted by Crippen LogP contribution is -1.95. The quantitative estimate of drug-likeness (QED) is 0.753. The maximum absolute atomic E-state index is 9.08. The van der Waals surface area contributed by atoms with Crippen molar-refractivity contribution >= 4 is 17.4 Å². The molecule has 0 aliphatic rings. The number of benzene rings is 1. The molecule has 72 valence electrons. The molecule has 4 nitrogen and oxygen atoms in total. The van der Waals surface area contributed by atoms with Gasteiger partial charge in [-0.25, -0.2) is 4.68 Å². The second kappa shape index (κ2) is 3.23. The van der Waals surface area contributed by atoms with Crippen molar-refractivity contribution < 1.29 is 5.11 Å². The lowest BCUT2D eigenvalue weighted by atomic mass is 10.3. The molecule has 0 bridgehead atoms. The number of anilines is 1. The van der Waals surface area contributed by atoms with Crippen LogP contribution in [0.3, 0.4) is 0 Å². The molecule has 3 N–H and O–H groups in total. The summed E-state index contributed by atoms with van der Waals surface area (Å²) in [7, 11) is 0. The van der Waals surface area contributed by atoms with Gasteiger partial charge in [-0.05, 0) is 24.3 Å². The van der Waals surface area contributed by atoms with E-state index in [0.717, 1.165) is 5.69 Å². The van der Waals surface area contributed by atoms with Crippen LogP contribution in [0.25, 0.3) is 5.69 Å². The molecule has 0 saturated heterocycles. The molecule has 14 heavy (non-hydrogen) atoms. The summed E-state index contributed by atoms with van der Waals surface area (Å²) in [6.07, 6.45) is 1.61. The Morgan fingerprint density at radius 3 is 2.43 bits per heavy atom. The number of phenols is 1. The van der Waals surface area contributed by atoms with Crippen LogP contribution < -0.4 is 5.73 Å². The Morgan fingerprint density at radius 1 is 1.29 bits per heavy atom. The van der Waals surface area contributed by atoms with Crippen LogP contribution in [-0.2, 0) is 0 Å². The minimum atomic E-state index is 0.208. The van der Waals surface area contributed by atoms with Crippen LogP contribution in [0, 0.1) is 0 Å². The summed E-state index contributed by atoms with van der Waals surface area (Å²) in [5.41, 5.74) is 6.29. The number of hydrogen-bond acceptors (Lipinski definition) is 3. The van der Waals surface area contributed by atoms with E-state index in [-0.39, 0.29) is 5.75 Å². The van der Waals surface area contributed by atoms with Crippen LogP contribution in [0.2, 0.25) is 5.02 Å². The minimum Gasteiger partial charge on any atom is -0.508 e. The predicted molar refractivity (Wildman–Crippen MR) is 54.7 cm³/mol. The molecule has 2 rings (SSSR count). The fourth-order valence-electron chi connectivity index (χ4n) is 1.10. The summed E-state index contributed by atoms with van der Waals surface area (Å²) in [5, 5.41) is 13.5. The molecule has 1 aromatic carbocycles. The standard InChI is InChI=1S/C9H8ClN3O/c10-8-5-13(12-9(8)11)6-1-3-7(14)4-2-6/h1-5,14H,(H2,11,12). The van der Waals surface area contributed by atoms with Gasteiger partial charge in [0.05, 0.1) is 11.9 Å². The van der Waals surface area contributed by atoms with E-state index in [2.05, 4.69) is 5.10 Å². The van der Waals surface area contributed by atoms with Crippen LogP contribution in [0.5, 0.6) is 5.75 Å². The normalized spacial score (nSPS) is 10.4. The second-order valence-electron chi connectivity index (χ2n) is 2.82. The second-order valence-corrected chi connectivity index (χ2v) is 3.23. The van der Waals surface area contributed by atoms with Crippen molar-refractivity contribution in [2.24, 2.45) is 0 Å². The van der Waals surface area contributed by atoms with E-state index in [9.17, 15) is 0 Å². The van der Waals surface area contributed by atoms with E-state index < -0.39 is 0 Å². The first-order chi connectivity index (χ1) is 6.66. The smallest absolute Gasteiger partial charge is 0.164 e. The van der Waals surface area contributed by atoms with Gasteiger partial charge in [-0.3, -0.25) is 0 Å².